The van der Waals surface area contributed by atoms with Crippen LogP contribution in [0.25, 0.3) is 10.2 Å². The minimum absolute atomic E-state index is 0.157. The van der Waals surface area contributed by atoms with Gasteiger partial charge in [-0.1, -0.05) is 19.1 Å². The molecule has 7 heteroatoms. The monoisotopic (exact) mass is 365 g/mol. The molecule has 0 fully saturated rings. The highest BCUT2D eigenvalue weighted by Gasteiger charge is 2.07. The van der Waals surface area contributed by atoms with Crippen molar-refractivity contribution in [3.8, 4) is 6.07 Å². The molecule has 0 atom stereocenters. The Kier molecular flexibility index (Phi) is 5.44. The molecule has 132 valence electrons. The van der Waals surface area contributed by atoms with Crippen LogP contribution in [0.3, 0.4) is 0 Å². The van der Waals surface area contributed by atoms with Gasteiger partial charge in [-0.2, -0.15) is 15.0 Å². The Balaban J connectivity index is 1.79. The van der Waals surface area contributed by atoms with Crippen molar-refractivity contribution in [2.24, 2.45) is 5.10 Å². The molecule has 6 nitrogen and oxygen atoms in total. The number of nitrogens with zero attached hydrogens (tertiary/aromatic N) is 5. The Morgan fingerprint density at radius 3 is 2.85 bits per heavy atom. The number of fused-ring (bicyclic) bond motifs is 1. The zero-order valence-electron chi connectivity index (χ0n) is 14.7. The van der Waals surface area contributed by atoms with E-state index < -0.39 is 0 Å². The van der Waals surface area contributed by atoms with Crippen LogP contribution in [-0.4, -0.2) is 29.5 Å². The average Bonchev–Trinajstić information content (AvgIpc) is 3.10. The summed E-state index contributed by atoms with van der Waals surface area (Å²) in [5, 5.41) is 13.5. The number of rotatable bonds is 6. The van der Waals surface area contributed by atoms with Gasteiger partial charge in [-0.25, -0.2) is 4.98 Å². The molecule has 0 unspecified atom stereocenters. The quantitative estimate of drug-likeness (QED) is 0.629. The summed E-state index contributed by atoms with van der Waals surface area (Å²) in [6.07, 6.45) is 4.47. The highest BCUT2D eigenvalue weighted by atomic mass is 32.1. The Hall–Kier alpha value is -2.98. The van der Waals surface area contributed by atoms with Crippen molar-refractivity contribution in [3.63, 3.8) is 0 Å². The van der Waals surface area contributed by atoms with Crippen LogP contribution >= 0.6 is 11.3 Å². The van der Waals surface area contributed by atoms with E-state index in [9.17, 15) is 4.79 Å². The van der Waals surface area contributed by atoms with Gasteiger partial charge in [0.2, 0.25) is 0 Å². The van der Waals surface area contributed by atoms with Crippen molar-refractivity contribution in [2.45, 2.75) is 19.8 Å². The molecule has 1 aromatic carbocycles. The van der Waals surface area contributed by atoms with Crippen LogP contribution in [0.15, 0.2) is 46.6 Å². The zero-order chi connectivity index (χ0) is 18.5. The molecule has 0 saturated carbocycles. The van der Waals surface area contributed by atoms with Gasteiger partial charge in [-0.05, 0) is 30.2 Å². The lowest BCUT2D eigenvalue weighted by Gasteiger charge is -2.17. The van der Waals surface area contributed by atoms with E-state index in [0.717, 1.165) is 27.4 Å². The number of hydrogen-bond acceptors (Lipinski definition) is 6. The normalized spacial score (nSPS) is 11.1. The van der Waals surface area contributed by atoms with Crippen molar-refractivity contribution in [3.05, 3.63) is 57.5 Å². The summed E-state index contributed by atoms with van der Waals surface area (Å²) >= 11 is 1.54. The van der Waals surface area contributed by atoms with Gasteiger partial charge in [0, 0.05) is 24.2 Å². The van der Waals surface area contributed by atoms with Crippen molar-refractivity contribution in [1.82, 2.24) is 9.66 Å². The zero-order valence-corrected chi connectivity index (χ0v) is 15.5. The number of aryl methyl sites for hydroxylation is 1. The van der Waals surface area contributed by atoms with E-state index >= 15 is 0 Å². The largest absolute Gasteiger partial charge is 0.374 e. The molecular formula is C19H19N5OS. The van der Waals surface area contributed by atoms with E-state index in [2.05, 4.69) is 23.1 Å². The van der Waals surface area contributed by atoms with Crippen molar-refractivity contribution < 1.29 is 0 Å². The average molecular weight is 365 g/mol. The molecular weight excluding hydrogens is 346 g/mol. The predicted molar refractivity (Wildman–Crippen MR) is 106 cm³/mol. The topological polar surface area (TPSA) is 74.3 Å². The Morgan fingerprint density at radius 1 is 1.38 bits per heavy atom. The third kappa shape index (κ3) is 3.81. The number of anilines is 1. The number of thiophene rings is 1. The maximum atomic E-state index is 12.5. The third-order valence-corrected chi connectivity index (χ3v) is 5.25. The minimum Gasteiger partial charge on any atom is -0.374 e. The second-order valence-corrected chi connectivity index (χ2v) is 6.96. The summed E-state index contributed by atoms with van der Waals surface area (Å²) in [6, 6.07) is 11.8. The number of nitriles is 1. The molecule has 3 aromatic rings. The molecule has 0 aliphatic heterocycles. The Morgan fingerprint density at radius 2 is 2.15 bits per heavy atom. The van der Waals surface area contributed by atoms with E-state index in [0.29, 0.717) is 18.4 Å². The molecule has 0 spiro atoms. The Labute approximate surface area is 155 Å². The molecule has 0 aliphatic carbocycles. The summed E-state index contributed by atoms with van der Waals surface area (Å²) in [7, 11) is 1.95. The highest BCUT2D eigenvalue weighted by Crippen LogP contribution is 2.21. The lowest BCUT2D eigenvalue weighted by molar-refractivity contribution is 0.818. The van der Waals surface area contributed by atoms with Gasteiger partial charge in [0.25, 0.3) is 5.56 Å². The van der Waals surface area contributed by atoms with Crippen molar-refractivity contribution in [1.29, 1.82) is 5.26 Å². The lowest BCUT2D eigenvalue weighted by Crippen LogP contribution is -2.17. The summed E-state index contributed by atoms with van der Waals surface area (Å²) in [6.45, 7) is 2.74. The first-order chi connectivity index (χ1) is 12.6. The van der Waals surface area contributed by atoms with Crippen molar-refractivity contribution >= 4 is 33.5 Å². The van der Waals surface area contributed by atoms with Gasteiger partial charge in [0.1, 0.15) is 11.2 Å². The minimum atomic E-state index is -0.157. The first kappa shape index (κ1) is 17.8. The van der Waals surface area contributed by atoms with Crippen LogP contribution in [0.4, 0.5) is 5.69 Å². The predicted octanol–water partition coefficient (Wildman–Crippen LogP) is 3.25. The summed E-state index contributed by atoms with van der Waals surface area (Å²) in [5.74, 6) is 0. The number of hydrogen-bond donors (Lipinski definition) is 0. The fourth-order valence-corrected chi connectivity index (χ4v) is 3.44. The van der Waals surface area contributed by atoms with Crippen LogP contribution in [0.1, 0.15) is 23.8 Å². The molecule has 0 radical (unpaired) electrons. The van der Waals surface area contributed by atoms with Gasteiger partial charge >= 0.3 is 0 Å². The number of benzene rings is 1. The standard InChI is InChI=1S/C19H19N5OS/c1-3-16-11-17-18(26-16)21-13-24(19(17)25)22-12-14-5-7-15(8-6-14)23(2)10-4-9-20/h5-8,11-13H,3-4,10H2,1-2H3/b22-12-. The van der Waals surface area contributed by atoms with E-state index in [-0.39, 0.29) is 5.56 Å². The number of aromatic nitrogens is 2. The summed E-state index contributed by atoms with van der Waals surface area (Å²) < 4.78 is 1.27. The summed E-state index contributed by atoms with van der Waals surface area (Å²) in [4.78, 5) is 20.7. The summed E-state index contributed by atoms with van der Waals surface area (Å²) in [5.41, 5.74) is 1.76. The molecule has 3 rings (SSSR count). The first-order valence-electron chi connectivity index (χ1n) is 8.35. The highest BCUT2D eigenvalue weighted by molar-refractivity contribution is 7.18. The molecule has 0 amide bonds. The molecule has 0 aliphatic rings. The smallest absolute Gasteiger partial charge is 0.282 e. The van der Waals surface area contributed by atoms with Gasteiger partial charge in [-0.3, -0.25) is 4.79 Å². The fraction of sp³-hybridized carbons (Fsp3) is 0.263. The fourth-order valence-electron chi connectivity index (χ4n) is 2.51. The molecule has 0 N–H and O–H groups in total. The van der Waals surface area contributed by atoms with Crippen LogP contribution in [0, 0.1) is 11.3 Å². The van der Waals surface area contributed by atoms with Crippen LogP contribution in [0.2, 0.25) is 0 Å². The van der Waals surface area contributed by atoms with E-state index in [1.165, 1.54) is 11.0 Å². The van der Waals surface area contributed by atoms with Gasteiger partial charge in [-0.15, -0.1) is 11.3 Å². The van der Waals surface area contributed by atoms with E-state index in [1.54, 1.807) is 17.6 Å². The molecule has 0 bridgehead atoms. The lowest BCUT2D eigenvalue weighted by atomic mass is 10.2. The third-order valence-electron chi connectivity index (χ3n) is 4.06. The van der Waals surface area contributed by atoms with Gasteiger partial charge < -0.3 is 4.90 Å². The van der Waals surface area contributed by atoms with Crippen LogP contribution in [-0.2, 0) is 6.42 Å². The van der Waals surface area contributed by atoms with Crippen LogP contribution < -0.4 is 10.5 Å². The van der Waals surface area contributed by atoms with Crippen LogP contribution in [0.5, 0.6) is 0 Å². The maximum Gasteiger partial charge on any atom is 0.282 e. The molecule has 0 saturated heterocycles. The van der Waals surface area contributed by atoms with E-state index in [4.69, 9.17) is 5.26 Å². The van der Waals surface area contributed by atoms with Crippen molar-refractivity contribution in [2.75, 3.05) is 18.5 Å². The SMILES string of the molecule is CCc1cc2c(=O)n(/N=C\c3ccc(N(C)CCC#N)cc3)cnc2s1. The maximum absolute atomic E-state index is 12.5. The van der Waals surface area contributed by atoms with Gasteiger partial charge in [0.15, 0.2) is 0 Å². The molecule has 2 aromatic heterocycles. The molecule has 2 heterocycles. The van der Waals surface area contributed by atoms with Gasteiger partial charge in [0.05, 0.1) is 24.1 Å². The van der Waals surface area contributed by atoms with E-state index in [1.807, 2.05) is 42.3 Å². The Bertz CT molecular complexity index is 1030. The molecule has 26 heavy (non-hydrogen) atoms. The first-order valence-corrected chi connectivity index (χ1v) is 9.16. The second-order valence-electron chi connectivity index (χ2n) is 5.85. The second kappa shape index (κ2) is 7.93.